The minimum absolute atomic E-state index is 0.529. The van der Waals surface area contributed by atoms with Gasteiger partial charge >= 0.3 is 0 Å². The Morgan fingerprint density at radius 1 is 1.06 bits per heavy atom. The summed E-state index contributed by atoms with van der Waals surface area (Å²) in [5.74, 6) is 1.41. The van der Waals surface area contributed by atoms with E-state index in [-0.39, 0.29) is 0 Å². The van der Waals surface area contributed by atoms with E-state index in [1.165, 1.54) is 32.1 Å². The molecule has 1 saturated carbocycles. The lowest BCUT2D eigenvalue weighted by molar-refractivity contribution is 0.0589. The number of hydrogen-bond acceptors (Lipinski definition) is 2. The summed E-state index contributed by atoms with van der Waals surface area (Å²) in [5, 5.41) is 8.31. The van der Waals surface area contributed by atoms with Gasteiger partial charge in [-0.15, -0.1) is 0 Å². The van der Waals surface area contributed by atoms with Crippen molar-refractivity contribution in [2.45, 2.75) is 51.0 Å². The predicted molar refractivity (Wildman–Crippen MR) is 65.9 cm³/mol. The molecular formula is C13H24N2O. The summed E-state index contributed by atoms with van der Waals surface area (Å²) in [5.41, 5.74) is 0. The van der Waals surface area contributed by atoms with Crippen molar-refractivity contribution in [1.29, 1.82) is 5.41 Å². The van der Waals surface area contributed by atoms with Gasteiger partial charge in [-0.05, 0) is 25.7 Å². The SMILES string of the molecule is CN(C(=N)C1CCCCC1)C1CCOCC1. The molecule has 2 aliphatic rings. The molecule has 0 bridgehead atoms. The van der Waals surface area contributed by atoms with Crippen LogP contribution in [0.4, 0.5) is 0 Å². The number of nitrogens with zero attached hydrogens (tertiary/aromatic N) is 1. The Labute approximate surface area is 98.7 Å². The number of hydrogen-bond donors (Lipinski definition) is 1. The van der Waals surface area contributed by atoms with E-state index in [0.29, 0.717) is 12.0 Å². The summed E-state index contributed by atoms with van der Waals surface area (Å²) in [4.78, 5) is 2.22. The zero-order valence-electron chi connectivity index (χ0n) is 10.4. The van der Waals surface area contributed by atoms with Gasteiger partial charge in [-0.25, -0.2) is 0 Å². The summed E-state index contributed by atoms with van der Waals surface area (Å²) in [7, 11) is 2.10. The fourth-order valence-corrected chi connectivity index (χ4v) is 2.93. The molecule has 0 amide bonds. The van der Waals surface area contributed by atoms with Crippen LogP contribution < -0.4 is 0 Å². The first kappa shape index (κ1) is 11.9. The maximum Gasteiger partial charge on any atom is 0.0989 e. The molecule has 1 N–H and O–H groups in total. The van der Waals surface area contributed by atoms with Gasteiger partial charge in [0.15, 0.2) is 0 Å². The summed E-state index contributed by atoms with van der Waals surface area (Å²) in [6.07, 6.45) is 8.63. The van der Waals surface area contributed by atoms with E-state index >= 15 is 0 Å². The highest BCUT2D eigenvalue weighted by Crippen LogP contribution is 2.27. The third kappa shape index (κ3) is 2.76. The molecule has 92 valence electrons. The van der Waals surface area contributed by atoms with Crippen LogP contribution in [-0.2, 0) is 4.74 Å². The number of nitrogens with one attached hydrogen (secondary N) is 1. The largest absolute Gasteiger partial charge is 0.381 e. The quantitative estimate of drug-likeness (QED) is 0.578. The maximum absolute atomic E-state index is 8.31. The van der Waals surface area contributed by atoms with Crippen molar-refractivity contribution in [3.05, 3.63) is 0 Å². The first-order valence-corrected chi connectivity index (χ1v) is 6.68. The van der Waals surface area contributed by atoms with E-state index in [4.69, 9.17) is 10.1 Å². The Hall–Kier alpha value is -0.570. The van der Waals surface area contributed by atoms with Gasteiger partial charge in [-0.2, -0.15) is 0 Å². The highest BCUT2D eigenvalue weighted by Gasteiger charge is 2.26. The van der Waals surface area contributed by atoms with Gasteiger partial charge in [-0.1, -0.05) is 19.3 Å². The molecule has 1 aliphatic carbocycles. The molecule has 0 aromatic rings. The fourth-order valence-electron chi connectivity index (χ4n) is 2.93. The van der Waals surface area contributed by atoms with Crippen LogP contribution in [0, 0.1) is 11.3 Å². The normalized spacial score (nSPS) is 24.3. The number of rotatable bonds is 2. The van der Waals surface area contributed by atoms with Crippen molar-refractivity contribution >= 4 is 5.84 Å². The second kappa shape index (κ2) is 5.67. The van der Waals surface area contributed by atoms with Gasteiger partial charge in [0.1, 0.15) is 0 Å². The molecular weight excluding hydrogens is 200 g/mol. The monoisotopic (exact) mass is 224 g/mol. The minimum Gasteiger partial charge on any atom is -0.381 e. The maximum atomic E-state index is 8.31. The van der Waals surface area contributed by atoms with Crippen molar-refractivity contribution in [2.24, 2.45) is 5.92 Å². The van der Waals surface area contributed by atoms with Crippen molar-refractivity contribution in [2.75, 3.05) is 20.3 Å². The summed E-state index contributed by atoms with van der Waals surface area (Å²) in [6.45, 7) is 1.74. The Kier molecular flexibility index (Phi) is 4.22. The lowest BCUT2D eigenvalue weighted by atomic mass is 9.87. The lowest BCUT2D eigenvalue weighted by Gasteiger charge is -2.36. The van der Waals surface area contributed by atoms with E-state index in [9.17, 15) is 0 Å². The molecule has 3 heteroatoms. The third-order valence-electron chi connectivity index (χ3n) is 4.11. The second-order valence-electron chi connectivity index (χ2n) is 5.17. The van der Waals surface area contributed by atoms with Gasteiger partial charge in [-0.3, -0.25) is 5.41 Å². The molecule has 0 radical (unpaired) electrons. The van der Waals surface area contributed by atoms with E-state index < -0.39 is 0 Å². The molecule has 1 aliphatic heterocycles. The first-order chi connectivity index (χ1) is 7.79. The highest BCUT2D eigenvalue weighted by molar-refractivity contribution is 5.81. The van der Waals surface area contributed by atoms with Gasteiger partial charge in [0, 0.05) is 32.2 Å². The third-order valence-corrected chi connectivity index (χ3v) is 4.11. The van der Waals surface area contributed by atoms with Crippen LogP contribution in [0.1, 0.15) is 44.9 Å². The van der Waals surface area contributed by atoms with Crippen LogP contribution in [0.25, 0.3) is 0 Å². The molecule has 0 atom stereocenters. The van der Waals surface area contributed by atoms with Crippen LogP contribution in [-0.4, -0.2) is 37.0 Å². The van der Waals surface area contributed by atoms with Crippen molar-refractivity contribution in [1.82, 2.24) is 4.90 Å². The molecule has 1 saturated heterocycles. The van der Waals surface area contributed by atoms with Crippen molar-refractivity contribution in [3.8, 4) is 0 Å². The molecule has 1 heterocycles. The number of amidine groups is 1. The average molecular weight is 224 g/mol. The van der Waals surface area contributed by atoms with Crippen LogP contribution in [0.5, 0.6) is 0 Å². The molecule has 2 rings (SSSR count). The fraction of sp³-hybridized carbons (Fsp3) is 0.923. The highest BCUT2D eigenvalue weighted by atomic mass is 16.5. The van der Waals surface area contributed by atoms with Gasteiger partial charge in [0.25, 0.3) is 0 Å². The van der Waals surface area contributed by atoms with Crippen molar-refractivity contribution in [3.63, 3.8) is 0 Å². The van der Waals surface area contributed by atoms with Crippen LogP contribution >= 0.6 is 0 Å². The summed E-state index contributed by atoms with van der Waals surface area (Å²) in [6, 6.07) is 0.545. The van der Waals surface area contributed by atoms with Crippen LogP contribution in [0.15, 0.2) is 0 Å². The zero-order valence-corrected chi connectivity index (χ0v) is 10.4. The summed E-state index contributed by atoms with van der Waals surface area (Å²) < 4.78 is 5.38. The summed E-state index contributed by atoms with van der Waals surface area (Å²) >= 11 is 0. The van der Waals surface area contributed by atoms with Gasteiger partial charge < -0.3 is 9.64 Å². The second-order valence-corrected chi connectivity index (χ2v) is 5.17. The van der Waals surface area contributed by atoms with Gasteiger partial charge in [0.05, 0.1) is 5.84 Å². The van der Waals surface area contributed by atoms with Crippen LogP contribution in [0.2, 0.25) is 0 Å². The molecule has 3 nitrogen and oxygen atoms in total. The molecule has 0 spiro atoms. The Bertz CT molecular complexity index is 230. The molecule has 16 heavy (non-hydrogen) atoms. The molecule has 0 aromatic carbocycles. The molecule has 0 unspecified atom stereocenters. The van der Waals surface area contributed by atoms with E-state index in [0.717, 1.165) is 31.9 Å². The predicted octanol–water partition coefficient (Wildman–Crippen LogP) is 2.65. The topological polar surface area (TPSA) is 36.3 Å². The zero-order chi connectivity index (χ0) is 11.4. The lowest BCUT2D eigenvalue weighted by Crippen LogP contribution is -2.43. The Morgan fingerprint density at radius 2 is 1.69 bits per heavy atom. The van der Waals surface area contributed by atoms with E-state index in [1.54, 1.807) is 0 Å². The number of ether oxygens (including phenoxy) is 1. The smallest absolute Gasteiger partial charge is 0.0989 e. The van der Waals surface area contributed by atoms with Crippen LogP contribution in [0.3, 0.4) is 0 Å². The van der Waals surface area contributed by atoms with E-state index in [2.05, 4.69) is 11.9 Å². The molecule has 2 fully saturated rings. The molecule has 0 aromatic heterocycles. The first-order valence-electron chi connectivity index (χ1n) is 6.68. The Balaban J connectivity index is 1.86. The Morgan fingerprint density at radius 3 is 2.31 bits per heavy atom. The standard InChI is InChI=1S/C13H24N2O/c1-15(12-7-9-16-10-8-12)13(14)11-5-3-2-4-6-11/h11-12,14H,2-10H2,1H3. The van der Waals surface area contributed by atoms with Gasteiger partial charge in [0.2, 0.25) is 0 Å². The average Bonchev–Trinajstić information content (AvgIpc) is 2.39. The minimum atomic E-state index is 0.529. The van der Waals surface area contributed by atoms with E-state index in [1.807, 2.05) is 0 Å². The van der Waals surface area contributed by atoms with Crippen molar-refractivity contribution < 1.29 is 4.74 Å².